The maximum atomic E-state index is 5.43. The van der Waals surface area contributed by atoms with E-state index in [0.717, 1.165) is 11.0 Å². The van der Waals surface area contributed by atoms with Crippen LogP contribution < -0.4 is 5.73 Å². The number of hydrogen-bond acceptors (Lipinski definition) is 4. The van der Waals surface area contributed by atoms with Gasteiger partial charge in [0.05, 0.1) is 5.52 Å². The average molecular weight is 174 g/mol. The van der Waals surface area contributed by atoms with Crippen LogP contribution in [0, 0.1) is 13.8 Å². The van der Waals surface area contributed by atoms with Gasteiger partial charge in [0.1, 0.15) is 5.52 Å². The van der Waals surface area contributed by atoms with Crippen molar-refractivity contribution in [2.75, 3.05) is 5.73 Å². The van der Waals surface area contributed by atoms with Crippen molar-refractivity contribution in [1.82, 2.24) is 15.2 Å². The van der Waals surface area contributed by atoms with Crippen molar-refractivity contribution in [1.29, 1.82) is 0 Å². The zero-order chi connectivity index (χ0) is 9.42. The third-order valence-electron chi connectivity index (χ3n) is 2.09. The first-order valence-electron chi connectivity index (χ1n) is 4.04. The first-order chi connectivity index (χ1) is 6.16. The van der Waals surface area contributed by atoms with Crippen LogP contribution in [0.5, 0.6) is 0 Å². The molecule has 2 N–H and O–H groups in total. The molecule has 66 valence electrons. The number of nitrogen functional groups attached to an aromatic ring is 1. The van der Waals surface area contributed by atoms with E-state index in [4.69, 9.17) is 5.73 Å². The minimum Gasteiger partial charge on any atom is -0.366 e. The van der Waals surface area contributed by atoms with Crippen LogP contribution in [0.1, 0.15) is 11.1 Å². The molecule has 4 nitrogen and oxygen atoms in total. The van der Waals surface area contributed by atoms with Crippen molar-refractivity contribution in [3.8, 4) is 0 Å². The molecule has 0 fully saturated rings. The summed E-state index contributed by atoms with van der Waals surface area (Å²) in [7, 11) is 0. The summed E-state index contributed by atoms with van der Waals surface area (Å²) in [4.78, 5) is 4.08. The summed E-state index contributed by atoms with van der Waals surface area (Å²) in [5.41, 5.74) is 9.39. The summed E-state index contributed by atoms with van der Waals surface area (Å²) in [5.74, 6) is 0.218. The van der Waals surface area contributed by atoms with E-state index in [2.05, 4.69) is 15.2 Å². The van der Waals surface area contributed by atoms with Crippen molar-refractivity contribution in [2.24, 2.45) is 0 Å². The van der Waals surface area contributed by atoms with Crippen molar-refractivity contribution in [3.05, 3.63) is 23.3 Å². The third kappa shape index (κ3) is 1.30. The van der Waals surface area contributed by atoms with Gasteiger partial charge in [-0.05, 0) is 37.1 Å². The Kier molecular flexibility index (Phi) is 1.62. The molecular weight excluding hydrogens is 164 g/mol. The summed E-state index contributed by atoms with van der Waals surface area (Å²) in [6.07, 6.45) is 0. The zero-order valence-corrected chi connectivity index (χ0v) is 7.57. The van der Waals surface area contributed by atoms with Gasteiger partial charge >= 0.3 is 0 Å². The molecule has 0 spiro atoms. The van der Waals surface area contributed by atoms with E-state index < -0.39 is 0 Å². The van der Waals surface area contributed by atoms with Crippen LogP contribution in [0.15, 0.2) is 12.1 Å². The summed E-state index contributed by atoms with van der Waals surface area (Å²) in [5, 5.41) is 7.64. The van der Waals surface area contributed by atoms with Gasteiger partial charge in [0.2, 0.25) is 5.95 Å². The maximum absolute atomic E-state index is 5.43. The second-order valence-electron chi connectivity index (χ2n) is 3.10. The molecule has 1 aromatic heterocycles. The van der Waals surface area contributed by atoms with Gasteiger partial charge in [-0.3, -0.25) is 0 Å². The largest absolute Gasteiger partial charge is 0.366 e. The Bertz CT molecular complexity index is 464. The van der Waals surface area contributed by atoms with Gasteiger partial charge in [0, 0.05) is 0 Å². The van der Waals surface area contributed by atoms with E-state index in [1.165, 1.54) is 11.1 Å². The van der Waals surface area contributed by atoms with E-state index in [-0.39, 0.29) is 5.95 Å². The molecule has 0 aliphatic carbocycles. The van der Waals surface area contributed by atoms with Crippen LogP contribution in [0.25, 0.3) is 11.0 Å². The molecule has 2 rings (SSSR count). The SMILES string of the molecule is Cc1cc2nnc(N)nc2cc1C. The molecule has 0 saturated heterocycles. The third-order valence-corrected chi connectivity index (χ3v) is 2.09. The first-order valence-corrected chi connectivity index (χ1v) is 4.04. The monoisotopic (exact) mass is 174 g/mol. The van der Waals surface area contributed by atoms with Gasteiger partial charge in [0.25, 0.3) is 0 Å². The molecule has 0 radical (unpaired) electrons. The molecule has 0 atom stereocenters. The quantitative estimate of drug-likeness (QED) is 0.652. The van der Waals surface area contributed by atoms with E-state index in [0.29, 0.717) is 0 Å². The maximum Gasteiger partial charge on any atom is 0.240 e. The number of anilines is 1. The highest BCUT2D eigenvalue weighted by atomic mass is 15.2. The van der Waals surface area contributed by atoms with Crippen LogP contribution in [-0.4, -0.2) is 15.2 Å². The molecule has 1 heterocycles. The molecule has 4 heteroatoms. The Morgan fingerprint density at radius 1 is 1.00 bits per heavy atom. The molecule has 1 aromatic carbocycles. The standard InChI is InChI=1S/C9H10N4/c1-5-3-7-8(4-6(5)2)12-13-9(10)11-7/h3-4H,1-2H3,(H2,10,11,13). The van der Waals surface area contributed by atoms with E-state index in [9.17, 15) is 0 Å². The topological polar surface area (TPSA) is 64.7 Å². The number of hydrogen-bond donors (Lipinski definition) is 1. The molecule has 0 unspecified atom stereocenters. The predicted molar refractivity (Wildman–Crippen MR) is 51.2 cm³/mol. The summed E-state index contributed by atoms with van der Waals surface area (Å²) >= 11 is 0. The molecule has 0 bridgehead atoms. The first kappa shape index (κ1) is 7.91. The second-order valence-corrected chi connectivity index (χ2v) is 3.10. The smallest absolute Gasteiger partial charge is 0.240 e. The minimum atomic E-state index is 0.218. The Hall–Kier alpha value is -1.71. The minimum absolute atomic E-state index is 0.218. The molecule has 0 amide bonds. The van der Waals surface area contributed by atoms with Crippen LogP contribution in [0.2, 0.25) is 0 Å². The number of aromatic nitrogens is 3. The van der Waals surface area contributed by atoms with E-state index in [1.54, 1.807) is 0 Å². The molecule has 13 heavy (non-hydrogen) atoms. The van der Waals surface area contributed by atoms with E-state index >= 15 is 0 Å². The van der Waals surface area contributed by atoms with Crippen LogP contribution in [0.4, 0.5) is 5.95 Å². The Labute approximate surface area is 75.8 Å². The number of aryl methyl sites for hydroxylation is 2. The lowest BCUT2D eigenvalue weighted by molar-refractivity contribution is 1.04. The average Bonchev–Trinajstić information content (AvgIpc) is 2.08. The Morgan fingerprint density at radius 3 is 2.31 bits per heavy atom. The van der Waals surface area contributed by atoms with Crippen molar-refractivity contribution >= 4 is 17.0 Å². The van der Waals surface area contributed by atoms with Gasteiger partial charge in [-0.25, -0.2) is 4.98 Å². The Morgan fingerprint density at radius 2 is 1.62 bits per heavy atom. The van der Waals surface area contributed by atoms with Gasteiger partial charge in [-0.2, -0.15) is 0 Å². The number of fused-ring (bicyclic) bond motifs is 1. The number of nitrogens with zero attached hydrogens (tertiary/aromatic N) is 3. The van der Waals surface area contributed by atoms with Crippen LogP contribution in [0.3, 0.4) is 0 Å². The number of nitrogens with two attached hydrogens (primary N) is 1. The molecule has 0 saturated carbocycles. The summed E-state index contributed by atoms with van der Waals surface area (Å²) < 4.78 is 0. The van der Waals surface area contributed by atoms with Gasteiger partial charge in [-0.15, -0.1) is 10.2 Å². The van der Waals surface area contributed by atoms with Gasteiger partial charge in [-0.1, -0.05) is 0 Å². The second kappa shape index (κ2) is 2.65. The molecule has 0 aliphatic heterocycles. The highest BCUT2D eigenvalue weighted by molar-refractivity contribution is 5.76. The van der Waals surface area contributed by atoms with E-state index in [1.807, 2.05) is 26.0 Å². The van der Waals surface area contributed by atoms with Gasteiger partial charge < -0.3 is 5.73 Å². The van der Waals surface area contributed by atoms with Crippen molar-refractivity contribution in [3.63, 3.8) is 0 Å². The number of rotatable bonds is 0. The summed E-state index contributed by atoms with van der Waals surface area (Å²) in [6, 6.07) is 3.93. The fraction of sp³-hybridized carbons (Fsp3) is 0.222. The molecule has 2 aromatic rings. The zero-order valence-electron chi connectivity index (χ0n) is 7.57. The number of benzene rings is 1. The fourth-order valence-electron chi connectivity index (χ4n) is 1.21. The van der Waals surface area contributed by atoms with Crippen LogP contribution in [-0.2, 0) is 0 Å². The lowest BCUT2D eigenvalue weighted by atomic mass is 10.1. The molecule has 0 aliphatic rings. The molecular formula is C9H10N4. The predicted octanol–water partition coefficient (Wildman–Crippen LogP) is 1.22. The summed E-state index contributed by atoms with van der Waals surface area (Å²) in [6.45, 7) is 4.07. The normalized spacial score (nSPS) is 10.6. The Balaban J connectivity index is 2.81. The fourth-order valence-corrected chi connectivity index (χ4v) is 1.21. The van der Waals surface area contributed by atoms with Gasteiger partial charge in [0.15, 0.2) is 0 Å². The highest BCUT2D eigenvalue weighted by Crippen LogP contribution is 2.15. The van der Waals surface area contributed by atoms with Crippen molar-refractivity contribution < 1.29 is 0 Å². The lowest BCUT2D eigenvalue weighted by Gasteiger charge is -2.01. The van der Waals surface area contributed by atoms with Crippen LogP contribution >= 0.6 is 0 Å². The highest BCUT2D eigenvalue weighted by Gasteiger charge is 2.01. The van der Waals surface area contributed by atoms with Crippen molar-refractivity contribution in [2.45, 2.75) is 13.8 Å². The lowest BCUT2D eigenvalue weighted by Crippen LogP contribution is -1.98.